The van der Waals surface area contributed by atoms with E-state index in [2.05, 4.69) is 0 Å². The summed E-state index contributed by atoms with van der Waals surface area (Å²) in [7, 11) is 0. The highest BCUT2D eigenvalue weighted by molar-refractivity contribution is 6.30. The van der Waals surface area contributed by atoms with E-state index >= 15 is 0 Å². The molecular weight excluding hydrogens is 306 g/mol. The van der Waals surface area contributed by atoms with Crippen LogP contribution in [0.15, 0.2) is 30.3 Å². The maximum absolute atomic E-state index is 13.7. The topological polar surface area (TPSA) is 76.2 Å². The van der Waals surface area contributed by atoms with Gasteiger partial charge in [-0.25, -0.2) is 4.39 Å². The third-order valence-electron chi connectivity index (χ3n) is 2.48. The summed E-state index contributed by atoms with van der Waals surface area (Å²) >= 11 is 5.73. The molecule has 0 aliphatic rings. The van der Waals surface area contributed by atoms with Crippen molar-refractivity contribution in [2.75, 3.05) is 0 Å². The highest BCUT2D eigenvalue weighted by Gasteiger charge is 2.20. The standard InChI is InChI=1S/C13H5ClF2N2O3/c14-8-2-1-7(6-17)12(3-8)21-13-5-9(15)11(18(19)20)4-10(13)16/h1-5H. The summed E-state index contributed by atoms with van der Waals surface area (Å²) in [4.78, 5) is 9.43. The SMILES string of the molecule is N#Cc1ccc(Cl)cc1Oc1cc(F)c([N+](=O)[O-])cc1F. The third kappa shape index (κ3) is 3.07. The minimum absolute atomic E-state index is 0.0533. The first kappa shape index (κ1) is 14.7. The Kier molecular flexibility index (Phi) is 4.00. The lowest BCUT2D eigenvalue weighted by molar-refractivity contribution is -0.387. The highest BCUT2D eigenvalue weighted by Crippen LogP contribution is 2.32. The highest BCUT2D eigenvalue weighted by atomic mass is 35.5. The van der Waals surface area contributed by atoms with Crippen LogP contribution in [-0.4, -0.2) is 4.92 Å². The molecule has 2 aromatic rings. The van der Waals surface area contributed by atoms with E-state index in [0.717, 1.165) is 0 Å². The smallest absolute Gasteiger partial charge is 0.307 e. The molecule has 0 radical (unpaired) electrons. The second kappa shape index (κ2) is 5.73. The van der Waals surface area contributed by atoms with Gasteiger partial charge in [0.15, 0.2) is 11.6 Å². The van der Waals surface area contributed by atoms with Crippen molar-refractivity contribution in [1.29, 1.82) is 5.26 Å². The molecule has 106 valence electrons. The van der Waals surface area contributed by atoms with Crippen molar-refractivity contribution >= 4 is 17.3 Å². The monoisotopic (exact) mass is 310 g/mol. The van der Waals surface area contributed by atoms with Crippen LogP contribution in [0.25, 0.3) is 0 Å². The number of hydrogen-bond donors (Lipinski definition) is 0. The van der Waals surface area contributed by atoms with Crippen LogP contribution in [0.2, 0.25) is 5.02 Å². The van der Waals surface area contributed by atoms with Gasteiger partial charge in [-0.3, -0.25) is 10.1 Å². The number of nitro benzene ring substituents is 1. The number of nitrogens with zero attached hydrogens (tertiary/aromatic N) is 2. The Bertz CT molecular complexity index is 775. The van der Waals surface area contributed by atoms with Gasteiger partial charge in [-0.15, -0.1) is 0 Å². The minimum atomic E-state index is -1.25. The van der Waals surface area contributed by atoms with Crippen LogP contribution in [0.1, 0.15) is 5.56 Å². The number of rotatable bonds is 3. The Morgan fingerprint density at radius 2 is 1.90 bits per heavy atom. The quantitative estimate of drug-likeness (QED) is 0.629. The predicted molar refractivity (Wildman–Crippen MR) is 69.3 cm³/mol. The van der Waals surface area contributed by atoms with Crippen LogP contribution in [0.4, 0.5) is 14.5 Å². The van der Waals surface area contributed by atoms with Crippen LogP contribution >= 0.6 is 11.6 Å². The second-order valence-electron chi connectivity index (χ2n) is 3.85. The number of hydrogen-bond acceptors (Lipinski definition) is 4. The fraction of sp³-hybridized carbons (Fsp3) is 0. The van der Waals surface area contributed by atoms with Gasteiger partial charge in [-0.2, -0.15) is 9.65 Å². The number of nitriles is 1. The van der Waals surface area contributed by atoms with Gasteiger partial charge in [0.25, 0.3) is 0 Å². The molecular formula is C13H5ClF2N2O3. The molecule has 2 aromatic carbocycles. The van der Waals surface area contributed by atoms with Crippen molar-refractivity contribution < 1.29 is 18.4 Å². The Balaban J connectivity index is 2.46. The van der Waals surface area contributed by atoms with Crippen molar-refractivity contribution in [2.24, 2.45) is 0 Å². The molecule has 0 N–H and O–H groups in total. The number of ether oxygens (including phenoxy) is 1. The van der Waals surface area contributed by atoms with E-state index < -0.39 is 28.0 Å². The molecule has 0 bridgehead atoms. The molecule has 8 heteroatoms. The van der Waals surface area contributed by atoms with Crippen molar-refractivity contribution in [3.05, 3.63) is 62.7 Å². The summed E-state index contributed by atoms with van der Waals surface area (Å²) in [6.45, 7) is 0. The molecule has 0 aliphatic heterocycles. The van der Waals surface area contributed by atoms with Gasteiger partial charge >= 0.3 is 5.69 Å². The Labute approximate surface area is 122 Å². The molecule has 0 saturated heterocycles. The third-order valence-corrected chi connectivity index (χ3v) is 2.72. The lowest BCUT2D eigenvalue weighted by Gasteiger charge is -2.09. The molecule has 21 heavy (non-hydrogen) atoms. The average Bonchev–Trinajstić information content (AvgIpc) is 2.42. The first-order chi connectivity index (χ1) is 9.92. The molecule has 0 fully saturated rings. The molecule has 0 amide bonds. The minimum Gasteiger partial charge on any atom is -0.453 e. The second-order valence-corrected chi connectivity index (χ2v) is 4.28. The average molecular weight is 311 g/mol. The van der Waals surface area contributed by atoms with E-state index in [-0.39, 0.29) is 16.3 Å². The van der Waals surface area contributed by atoms with Gasteiger partial charge in [-0.1, -0.05) is 11.6 Å². The van der Waals surface area contributed by atoms with Crippen molar-refractivity contribution in [3.63, 3.8) is 0 Å². The van der Waals surface area contributed by atoms with E-state index in [9.17, 15) is 18.9 Å². The van der Waals surface area contributed by atoms with E-state index in [0.29, 0.717) is 12.1 Å². The zero-order chi connectivity index (χ0) is 15.6. The molecule has 5 nitrogen and oxygen atoms in total. The first-order valence-corrected chi connectivity index (χ1v) is 5.81. The lowest BCUT2D eigenvalue weighted by Crippen LogP contribution is -1.97. The maximum Gasteiger partial charge on any atom is 0.307 e. The number of benzene rings is 2. The summed E-state index contributed by atoms with van der Waals surface area (Å²) in [6.07, 6.45) is 0. The van der Waals surface area contributed by atoms with Crippen molar-refractivity contribution in [2.45, 2.75) is 0 Å². The van der Waals surface area contributed by atoms with Crippen molar-refractivity contribution in [3.8, 4) is 17.6 Å². The summed E-state index contributed by atoms with van der Waals surface area (Å²) in [5.41, 5.74) is -0.955. The molecule has 0 atom stereocenters. The van der Waals surface area contributed by atoms with Crippen LogP contribution < -0.4 is 4.74 Å². The van der Waals surface area contributed by atoms with Gasteiger partial charge in [0.1, 0.15) is 11.8 Å². The van der Waals surface area contributed by atoms with Crippen LogP contribution in [0.3, 0.4) is 0 Å². The van der Waals surface area contributed by atoms with Crippen LogP contribution in [-0.2, 0) is 0 Å². The fourth-order valence-corrected chi connectivity index (χ4v) is 1.69. The summed E-state index contributed by atoms with van der Waals surface area (Å²) in [5.74, 6) is -3.06. The lowest BCUT2D eigenvalue weighted by atomic mass is 10.2. The van der Waals surface area contributed by atoms with Crippen molar-refractivity contribution in [1.82, 2.24) is 0 Å². The molecule has 0 saturated carbocycles. The van der Waals surface area contributed by atoms with E-state index in [1.54, 1.807) is 6.07 Å². The Hall–Kier alpha value is -2.72. The van der Waals surface area contributed by atoms with Gasteiger partial charge in [0, 0.05) is 17.2 Å². The van der Waals surface area contributed by atoms with E-state index in [1.807, 2.05) is 0 Å². The summed E-state index contributed by atoms with van der Waals surface area (Å²) in [6, 6.07) is 6.76. The number of nitro groups is 1. The summed E-state index contributed by atoms with van der Waals surface area (Å²) < 4.78 is 32.2. The molecule has 0 spiro atoms. The van der Waals surface area contributed by atoms with Crippen LogP contribution in [0.5, 0.6) is 11.5 Å². The Morgan fingerprint density at radius 1 is 1.19 bits per heavy atom. The molecule has 0 aromatic heterocycles. The maximum atomic E-state index is 13.7. The van der Waals surface area contributed by atoms with Gasteiger partial charge in [-0.05, 0) is 12.1 Å². The number of halogens is 3. The normalized spacial score (nSPS) is 10.0. The first-order valence-electron chi connectivity index (χ1n) is 5.43. The molecule has 0 unspecified atom stereocenters. The van der Waals surface area contributed by atoms with Gasteiger partial charge < -0.3 is 4.74 Å². The molecule has 0 aliphatic carbocycles. The Morgan fingerprint density at radius 3 is 2.52 bits per heavy atom. The molecule has 2 rings (SSSR count). The largest absolute Gasteiger partial charge is 0.453 e. The summed E-state index contributed by atoms with van der Waals surface area (Å²) in [5, 5.41) is 19.6. The zero-order valence-electron chi connectivity index (χ0n) is 10.1. The molecule has 0 heterocycles. The zero-order valence-corrected chi connectivity index (χ0v) is 10.9. The van der Waals surface area contributed by atoms with E-state index in [1.165, 1.54) is 18.2 Å². The van der Waals surface area contributed by atoms with Gasteiger partial charge in [0.05, 0.1) is 16.6 Å². The van der Waals surface area contributed by atoms with E-state index in [4.69, 9.17) is 21.6 Å². The van der Waals surface area contributed by atoms with Crippen LogP contribution in [0, 0.1) is 33.1 Å². The van der Waals surface area contributed by atoms with Gasteiger partial charge in [0.2, 0.25) is 5.82 Å². The fourth-order valence-electron chi connectivity index (χ4n) is 1.53. The predicted octanol–water partition coefficient (Wildman–Crippen LogP) is 4.19.